The molecule has 0 saturated carbocycles. The van der Waals surface area contributed by atoms with E-state index in [0.29, 0.717) is 41.5 Å². The Morgan fingerprint density at radius 2 is 1.62 bits per heavy atom. The predicted molar refractivity (Wildman–Crippen MR) is 152 cm³/mol. The molecule has 1 aliphatic heterocycles. The van der Waals surface area contributed by atoms with Crippen LogP contribution in [0.25, 0.3) is 5.76 Å². The molecule has 2 heterocycles. The number of thiazole rings is 1. The lowest BCUT2D eigenvalue weighted by atomic mass is 9.95. The number of aliphatic hydroxyl groups is 1. The number of aromatic nitrogens is 1. The van der Waals surface area contributed by atoms with Crippen LogP contribution in [-0.4, -0.2) is 47.6 Å². The van der Waals surface area contributed by atoms with Crippen LogP contribution in [0.15, 0.2) is 54.1 Å². The van der Waals surface area contributed by atoms with Crippen molar-refractivity contribution in [2.24, 2.45) is 0 Å². The van der Waals surface area contributed by atoms with Crippen LogP contribution in [0.2, 0.25) is 0 Å². The summed E-state index contributed by atoms with van der Waals surface area (Å²) in [4.78, 5) is 45.3. The van der Waals surface area contributed by atoms with Gasteiger partial charge in [-0.3, -0.25) is 14.5 Å². The number of hydrogen-bond acceptors (Lipinski definition) is 9. The van der Waals surface area contributed by atoms with Crippen LogP contribution >= 0.6 is 11.3 Å². The molecule has 1 saturated heterocycles. The summed E-state index contributed by atoms with van der Waals surface area (Å²) in [6, 6.07) is 12.7. The van der Waals surface area contributed by atoms with Gasteiger partial charge in [-0.15, -0.1) is 0 Å². The van der Waals surface area contributed by atoms with Crippen molar-refractivity contribution in [2.75, 3.05) is 24.7 Å². The Bertz CT molecular complexity index is 1410. The molecular formula is C30H32N2O7S. The van der Waals surface area contributed by atoms with E-state index in [1.54, 1.807) is 62.4 Å². The number of ketones is 1. The number of nitrogens with zero attached hydrogens (tertiary/aromatic N) is 2. The number of rotatable bonds is 11. The molecule has 1 atom stereocenters. The van der Waals surface area contributed by atoms with E-state index in [1.807, 2.05) is 6.92 Å². The standard InChI is InChI=1S/C30H32N2O7S/c1-5-8-17-39-22-15-11-20(12-16-22)25(33)23-24(19-9-13-21(14-10-19)37-6-2)32(28(35)26(23)34)30-31-18(4)27(40-30)29(36)38-7-3/h9-16,24,33H,5-8,17H2,1-4H3/t24-/m0/s1. The first kappa shape index (κ1) is 28.8. The number of carbonyl (C=O) groups excluding carboxylic acids is 3. The van der Waals surface area contributed by atoms with E-state index in [4.69, 9.17) is 14.2 Å². The highest BCUT2D eigenvalue weighted by molar-refractivity contribution is 7.17. The van der Waals surface area contributed by atoms with Gasteiger partial charge in [0.25, 0.3) is 5.78 Å². The predicted octanol–water partition coefficient (Wildman–Crippen LogP) is 5.83. The van der Waals surface area contributed by atoms with Gasteiger partial charge >= 0.3 is 11.9 Å². The van der Waals surface area contributed by atoms with E-state index in [9.17, 15) is 19.5 Å². The third-order valence-electron chi connectivity index (χ3n) is 6.30. The lowest BCUT2D eigenvalue weighted by molar-refractivity contribution is -0.132. The van der Waals surface area contributed by atoms with Crippen molar-refractivity contribution in [1.29, 1.82) is 0 Å². The fraction of sp³-hybridized carbons (Fsp3) is 0.333. The summed E-state index contributed by atoms with van der Waals surface area (Å²) in [7, 11) is 0. The zero-order chi connectivity index (χ0) is 28.8. The summed E-state index contributed by atoms with van der Waals surface area (Å²) < 4.78 is 16.4. The zero-order valence-corrected chi connectivity index (χ0v) is 23.7. The second kappa shape index (κ2) is 12.8. The molecule has 1 fully saturated rings. The molecule has 2 aromatic carbocycles. The number of Topliss-reactive ketones (excluding diaryl/α,β-unsaturated/α-hetero) is 1. The Kier molecular flexibility index (Phi) is 9.21. The Balaban J connectivity index is 1.80. The van der Waals surface area contributed by atoms with Gasteiger partial charge in [-0.05, 0) is 69.2 Å². The molecule has 3 aromatic rings. The normalized spacial score (nSPS) is 16.3. The molecule has 4 rings (SSSR count). The van der Waals surface area contributed by atoms with Crippen LogP contribution in [0.5, 0.6) is 11.5 Å². The Labute approximate surface area is 237 Å². The number of aliphatic hydroxyl groups excluding tert-OH is 1. The largest absolute Gasteiger partial charge is 0.507 e. The maximum Gasteiger partial charge on any atom is 0.350 e. The number of ether oxygens (including phenoxy) is 3. The van der Waals surface area contributed by atoms with E-state index in [2.05, 4.69) is 11.9 Å². The third kappa shape index (κ3) is 5.86. The number of aryl methyl sites for hydroxylation is 1. The molecule has 40 heavy (non-hydrogen) atoms. The number of anilines is 1. The molecule has 1 amide bonds. The van der Waals surface area contributed by atoms with Crippen molar-refractivity contribution >= 4 is 39.9 Å². The lowest BCUT2D eigenvalue weighted by Gasteiger charge is -2.23. The molecule has 10 heteroatoms. The van der Waals surface area contributed by atoms with Gasteiger partial charge < -0.3 is 19.3 Å². The van der Waals surface area contributed by atoms with E-state index >= 15 is 0 Å². The fourth-order valence-corrected chi connectivity index (χ4v) is 5.32. The first-order valence-corrected chi connectivity index (χ1v) is 14.0. The highest BCUT2D eigenvalue weighted by atomic mass is 32.1. The van der Waals surface area contributed by atoms with Crippen molar-refractivity contribution in [3.8, 4) is 11.5 Å². The molecule has 0 unspecified atom stereocenters. The molecule has 0 bridgehead atoms. The van der Waals surface area contributed by atoms with E-state index in [0.717, 1.165) is 24.2 Å². The number of carbonyl (C=O) groups is 3. The summed E-state index contributed by atoms with van der Waals surface area (Å²) in [6.07, 6.45) is 1.92. The number of esters is 1. The van der Waals surface area contributed by atoms with Gasteiger partial charge in [0.05, 0.1) is 37.1 Å². The van der Waals surface area contributed by atoms with Crippen molar-refractivity contribution in [1.82, 2.24) is 4.98 Å². The second-order valence-electron chi connectivity index (χ2n) is 9.03. The van der Waals surface area contributed by atoms with Crippen molar-refractivity contribution in [3.05, 3.63) is 75.8 Å². The minimum Gasteiger partial charge on any atom is -0.507 e. The Morgan fingerprint density at radius 3 is 2.25 bits per heavy atom. The van der Waals surface area contributed by atoms with Crippen LogP contribution in [0.3, 0.4) is 0 Å². The zero-order valence-electron chi connectivity index (χ0n) is 22.9. The van der Waals surface area contributed by atoms with Gasteiger partial charge in [0.2, 0.25) is 0 Å². The van der Waals surface area contributed by atoms with Crippen molar-refractivity contribution in [2.45, 2.75) is 46.6 Å². The van der Waals surface area contributed by atoms with Gasteiger partial charge in [-0.25, -0.2) is 9.78 Å². The molecule has 0 aliphatic carbocycles. The van der Waals surface area contributed by atoms with Crippen LogP contribution in [0.1, 0.15) is 66.1 Å². The molecule has 0 radical (unpaired) electrons. The first-order valence-electron chi connectivity index (χ1n) is 13.2. The third-order valence-corrected chi connectivity index (χ3v) is 7.43. The molecule has 1 N–H and O–H groups in total. The quantitative estimate of drug-likeness (QED) is 0.102. The van der Waals surface area contributed by atoms with E-state index < -0.39 is 23.7 Å². The van der Waals surface area contributed by atoms with E-state index in [1.165, 1.54) is 4.90 Å². The van der Waals surface area contributed by atoms with Gasteiger partial charge in [0, 0.05) is 5.56 Å². The maximum atomic E-state index is 13.5. The summed E-state index contributed by atoms with van der Waals surface area (Å²) >= 11 is 0.963. The second-order valence-corrected chi connectivity index (χ2v) is 10.0. The summed E-state index contributed by atoms with van der Waals surface area (Å²) in [5.41, 5.74) is 1.22. The van der Waals surface area contributed by atoms with Crippen LogP contribution in [0.4, 0.5) is 5.13 Å². The monoisotopic (exact) mass is 564 g/mol. The van der Waals surface area contributed by atoms with Crippen molar-refractivity contribution < 1.29 is 33.7 Å². The number of benzene rings is 2. The molecule has 1 aromatic heterocycles. The topological polar surface area (TPSA) is 115 Å². The summed E-state index contributed by atoms with van der Waals surface area (Å²) in [5.74, 6) is -1.33. The lowest BCUT2D eigenvalue weighted by Crippen LogP contribution is -2.29. The maximum absolute atomic E-state index is 13.5. The summed E-state index contributed by atoms with van der Waals surface area (Å²) in [5, 5.41) is 11.5. The van der Waals surface area contributed by atoms with Gasteiger partial charge in [0.1, 0.15) is 22.1 Å². The van der Waals surface area contributed by atoms with Gasteiger partial charge in [-0.1, -0.05) is 36.8 Å². The SMILES string of the molecule is CCCCOc1ccc(C(O)=C2C(=O)C(=O)N(c3nc(C)c(C(=O)OCC)s3)[C@H]2c2ccc(OCC)cc2)cc1. The van der Waals surface area contributed by atoms with Crippen LogP contribution < -0.4 is 14.4 Å². The molecule has 1 aliphatic rings. The van der Waals surface area contributed by atoms with Crippen molar-refractivity contribution in [3.63, 3.8) is 0 Å². The number of amides is 1. The smallest absolute Gasteiger partial charge is 0.350 e. The molecule has 9 nitrogen and oxygen atoms in total. The minimum absolute atomic E-state index is 0.0839. The molecule has 0 spiro atoms. The summed E-state index contributed by atoms with van der Waals surface area (Å²) in [6.45, 7) is 8.52. The van der Waals surface area contributed by atoms with Crippen LogP contribution in [0, 0.1) is 6.92 Å². The highest BCUT2D eigenvalue weighted by Gasteiger charge is 2.48. The molecule has 210 valence electrons. The first-order chi connectivity index (χ1) is 19.3. The highest BCUT2D eigenvalue weighted by Crippen LogP contribution is 2.44. The molecular weight excluding hydrogens is 532 g/mol. The number of unbranched alkanes of at least 4 members (excludes halogenated alkanes) is 1. The number of hydrogen-bond donors (Lipinski definition) is 1. The average Bonchev–Trinajstić information content (AvgIpc) is 3.46. The average molecular weight is 565 g/mol. The van der Waals surface area contributed by atoms with Gasteiger partial charge in [0.15, 0.2) is 5.13 Å². The Morgan fingerprint density at radius 1 is 0.975 bits per heavy atom. The van der Waals surface area contributed by atoms with Crippen LogP contribution in [-0.2, 0) is 14.3 Å². The fourth-order valence-electron chi connectivity index (χ4n) is 4.33. The Hall–Kier alpha value is -4.18. The minimum atomic E-state index is -0.989. The van der Waals surface area contributed by atoms with Gasteiger partial charge in [-0.2, -0.15) is 0 Å². The van der Waals surface area contributed by atoms with E-state index in [-0.39, 0.29) is 27.9 Å².